The zero-order valence-corrected chi connectivity index (χ0v) is 12.2. The van der Waals surface area contributed by atoms with Gasteiger partial charge in [-0.15, -0.1) is 0 Å². The van der Waals surface area contributed by atoms with Gasteiger partial charge < -0.3 is 9.84 Å². The molecule has 0 aromatic heterocycles. The van der Waals surface area contributed by atoms with E-state index in [4.69, 9.17) is 9.84 Å². The fraction of sp³-hybridized carbons (Fsp3) is 0.909. The number of carbonyl (C=O) groups is 1. The predicted molar refractivity (Wildman–Crippen MR) is 70.0 cm³/mol. The Morgan fingerprint density at radius 3 is 2.74 bits per heavy atom. The summed E-state index contributed by atoms with van der Waals surface area (Å²) in [6, 6.07) is -0.941. The first-order chi connectivity index (χ1) is 8.91. The highest BCUT2D eigenvalue weighted by atomic mass is 32.2. The van der Waals surface area contributed by atoms with Crippen LogP contribution in [0.1, 0.15) is 25.7 Å². The fourth-order valence-corrected chi connectivity index (χ4v) is 3.75. The average molecular weight is 294 g/mol. The highest BCUT2D eigenvalue weighted by Crippen LogP contribution is 2.22. The molecule has 0 aromatic carbocycles. The van der Waals surface area contributed by atoms with Crippen molar-refractivity contribution in [2.45, 2.75) is 31.7 Å². The van der Waals surface area contributed by atoms with Gasteiger partial charge in [0.2, 0.25) is 0 Å². The molecule has 8 heteroatoms. The molecule has 1 rings (SSSR count). The summed E-state index contributed by atoms with van der Waals surface area (Å²) < 4.78 is 31.9. The molecule has 1 aliphatic heterocycles. The summed E-state index contributed by atoms with van der Waals surface area (Å²) in [6.45, 7) is 1.06. The third-order valence-electron chi connectivity index (χ3n) is 3.25. The first-order valence-electron chi connectivity index (χ1n) is 6.36. The normalized spacial score (nSPS) is 21.7. The molecule has 7 nitrogen and oxygen atoms in total. The third-order valence-corrected chi connectivity index (χ3v) is 5.25. The van der Waals surface area contributed by atoms with Crippen LogP contribution in [0.5, 0.6) is 0 Å². The van der Waals surface area contributed by atoms with Gasteiger partial charge in [-0.05, 0) is 25.7 Å². The van der Waals surface area contributed by atoms with Gasteiger partial charge >= 0.3 is 5.97 Å². The van der Waals surface area contributed by atoms with E-state index in [2.05, 4.69) is 0 Å². The van der Waals surface area contributed by atoms with Gasteiger partial charge in [0, 0.05) is 33.9 Å². The lowest BCUT2D eigenvalue weighted by Gasteiger charge is -2.34. The van der Waals surface area contributed by atoms with Crippen molar-refractivity contribution in [3.05, 3.63) is 0 Å². The highest BCUT2D eigenvalue weighted by Gasteiger charge is 2.38. The number of rotatable bonds is 7. The van der Waals surface area contributed by atoms with Crippen LogP contribution in [0.4, 0.5) is 0 Å². The van der Waals surface area contributed by atoms with E-state index in [-0.39, 0.29) is 6.54 Å². The molecule has 1 N–H and O–H groups in total. The minimum absolute atomic E-state index is 0.272. The fourth-order valence-electron chi connectivity index (χ4n) is 2.15. The Morgan fingerprint density at radius 2 is 2.16 bits per heavy atom. The number of carboxylic acids is 1. The molecule has 0 saturated carbocycles. The monoisotopic (exact) mass is 294 g/mol. The molecule has 0 radical (unpaired) electrons. The van der Waals surface area contributed by atoms with Crippen molar-refractivity contribution in [3.8, 4) is 0 Å². The van der Waals surface area contributed by atoms with E-state index < -0.39 is 22.2 Å². The van der Waals surface area contributed by atoms with Crippen LogP contribution in [-0.2, 0) is 19.7 Å². The quantitative estimate of drug-likeness (QED) is 0.675. The second-order valence-electron chi connectivity index (χ2n) is 4.64. The minimum Gasteiger partial charge on any atom is -0.480 e. The molecule has 112 valence electrons. The maximum absolute atomic E-state index is 12.3. The molecule has 1 unspecified atom stereocenters. The van der Waals surface area contributed by atoms with Gasteiger partial charge in [-0.3, -0.25) is 4.79 Å². The van der Waals surface area contributed by atoms with E-state index in [9.17, 15) is 13.2 Å². The van der Waals surface area contributed by atoms with Crippen molar-refractivity contribution in [2.75, 3.05) is 33.9 Å². The van der Waals surface area contributed by atoms with Crippen LogP contribution in [0.2, 0.25) is 0 Å². The summed E-state index contributed by atoms with van der Waals surface area (Å²) in [7, 11) is -0.681. The molecule has 0 aromatic rings. The largest absolute Gasteiger partial charge is 0.480 e. The second-order valence-corrected chi connectivity index (χ2v) is 6.62. The number of aliphatic carboxylic acids is 1. The molecule has 1 heterocycles. The van der Waals surface area contributed by atoms with Crippen molar-refractivity contribution in [1.82, 2.24) is 8.61 Å². The molecule has 0 aliphatic carbocycles. The average Bonchev–Trinajstić information content (AvgIpc) is 2.38. The number of nitrogens with zero attached hydrogens (tertiary/aromatic N) is 2. The van der Waals surface area contributed by atoms with Gasteiger partial charge in [0.15, 0.2) is 0 Å². The van der Waals surface area contributed by atoms with Crippen LogP contribution in [0.15, 0.2) is 0 Å². The van der Waals surface area contributed by atoms with E-state index in [0.717, 1.165) is 10.7 Å². The summed E-state index contributed by atoms with van der Waals surface area (Å²) in [5.74, 6) is -1.08. The molecule has 1 fully saturated rings. The van der Waals surface area contributed by atoms with E-state index in [1.165, 1.54) is 11.4 Å². The number of hydrogen-bond donors (Lipinski definition) is 1. The Bertz CT molecular complexity index is 398. The van der Waals surface area contributed by atoms with Crippen LogP contribution in [0.3, 0.4) is 0 Å². The van der Waals surface area contributed by atoms with Crippen LogP contribution < -0.4 is 0 Å². The van der Waals surface area contributed by atoms with Gasteiger partial charge in [-0.25, -0.2) is 0 Å². The number of piperidine rings is 1. The molecule has 1 atom stereocenters. The third kappa shape index (κ3) is 4.13. The maximum Gasteiger partial charge on any atom is 0.322 e. The summed E-state index contributed by atoms with van der Waals surface area (Å²) >= 11 is 0. The number of methoxy groups -OCH3 is 1. The lowest BCUT2D eigenvalue weighted by atomic mass is 10.1. The van der Waals surface area contributed by atoms with Crippen molar-refractivity contribution in [1.29, 1.82) is 0 Å². The van der Waals surface area contributed by atoms with E-state index in [1.807, 2.05) is 0 Å². The van der Waals surface area contributed by atoms with Gasteiger partial charge in [-0.1, -0.05) is 0 Å². The van der Waals surface area contributed by atoms with Gasteiger partial charge in [-0.2, -0.15) is 17.0 Å². The molecule has 0 amide bonds. The molecule has 0 bridgehead atoms. The van der Waals surface area contributed by atoms with Crippen LogP contribution in [0.25, 0.3) is 0 Å². The molecule has 0 spiro atoms. The van der Waals surface area contributed by atoms with Gasteiger partial charge in [0.05, 0.1) is 0 Å². The zero-order chi connectivity index (χ0) is 14.5. The van der Waals surface area contributed by atoms with Gasteiger partial charge in [0.25, 0.3) is 10.2 Å². The lowest BCUT2D eigenvalue weighted by molar-refractivity contribution is -0.142. The Hall–Kier alpha value is -0.700. The van der Waals surface area contributed by atoms with Crippen molar-refractivity contribution in [3.63, 3.8) is 0 Å². The van der Waals surface area contributed by atoms with Crippen LogP contribution in [-0.4, -0.2) is 68.0 Å². The first-order valence-corrected chi connectivity index (χ1v) is 7.75. The van der Waals surface area contributed by atoms with Gasteiger partial charge in [0.1, 0.15) is 6.04 Å². The predicted octanol–water partition coefficient (Wildman–Crippen LogP) is 0.139. The number of carboxylic acid groups (broad SMARTS) is 1. The van der Waals surface area contributed by atoms with Crippen LogP contribution in [0, 0.1) is 0 Å². The smallest absolute Gasteiger partial charge is 0.322 e. The summed E-state index contributed by atoms with van der Waals surface area (Å²) in [5, 5.41) is 9.12. The molecule has 1 aliphatic rings. The number of ether oxygens (including phenoxy) is 1. The standard InChI is InChI=1S/C11H22N2O5S/c1-12(7-5-9-18-2)19(16,17)13-8-4-3-6-10(13)11(14)15/h10H,3-9H2,1-2H3,(H,14,15). The maximum atomic E-state index is 12.3. The molecule has 1 saturated heterocycles. The lowest BCUT2D eigenvalue weighted by Crippen LogP contribution is -2.52. The van der Waals surface area contributed by atoms with E-state index in [0.29, 0.717) is 32.4 Å². The Morgan fingerprint density at radius 1 is 1.47 bits per heavy atom. The highest BCUT2D eigenvalue weighted by molar-refractivity contribution is 7.86. The topological polar surface area (TPSA) is 87.2 Å². The summed E-state index contributed by atoms with van der Waals surface area (Å²) in [5.41, 5.74) is 0. The minimum atomic E-state index is -3.71. The van der Waals surface area contributed by atoms with E-state index in [1.54, 1.807) is 7.11 Å². The zero-order valence-electron chi connectivity index (χ0n) is 11.4. The molecular weight excluding hydrogens is 272 g/mol. The Labute approximate surface area is 114 Å². The van der Waals surface area contributed by atoms with Crippen molar-refractivity contribution >= 4 is 16.2 Å². The first kappa shape index (κ1) is 16.4. The Kier molecular flexibility index (Phi) is 6.18. The molecular formula is C11H22N2O5S. The SMILES string of the molecule is COCCCN(C)S(=O)(=O)N1CCCCC1C(=O)O. The van der Waals surface area contributed by atoms with Crippen molar-refractivity contribution < 1.29 is 23.1 Å². The summed E-state index contributed by atoms with van der Waals surface area (Å²) in [4.78, 5) is 11.1. The number of hydrogen-bond acceptors (Lipinski definition) is 4. The summed E-state index contributed by atoms with van der Waals surface area (Å²) in [6.07, 6.45) is 2.41. The second kappa shape index (κ2) is 7.18. The Balaban J connectivity index is 2.75. The van der Waals surface area contributed by atoms with Crippen molar-refractivity contribution in [2.24, 2.45) is 0 Å². The van der Waals surface area contributed by atoms with E-state index >= 15 is 0 Å². The van der Waals surface area contributed by atoms with Crippen LogP contribution >= 0.6 is 0 Å². The molecule has 19 heavy (non-hydrogen) atoms.